The Hall–Kier alpha value is -2.70. The minimum absolute atomic E-state index is 0.0320. The summed E-state index contributed by atoms with van der Waals surface area (Å²) < 4.78 is 1.76. The molecule has 7 heteroatoms. The summed E-state index contributed by atoms with van der Waals surface area (Å²) in [5.41, 5.74) is 1.37. The van der Waals surface area contributed by atoms with Crippen LogP contribution in [0.2, 0.25) is 0 Å². The molecule has 0 aromatic carbocycles. The van der Waals surface area contributed by atoms with Crippen molar-refractivity contribution in [3.63, 3.8) is 0 Å². The first-order chi connectivity index (χ1) is 13.0. The highest BCUT2D eigenvalue weighted by Crippen LogP contribution is 2.36. The van der Waals surface area contributed by atoms with Gasteiger partial charge in [0, 0.05) is 32.9 Å². The average molecular weight is 369 g/mol. The number of aryl methyl sites for hydroxylation is 1. The number of hydrogen-bond donors (Lipinski definition) is 2. The van der Waals surface area contributed by atoms with Gasteiger partial charge in [0.05, 0.1) is 18.1 Å². The van der Waals surface area contributed by atoms with Crippen molar-refractivity contribution < 1.29 is 9.59 Å². The highest BCUT2D eigenvalue weighted by molar-refractivity contribution is 5.91. The fourth-order valence-corrected chi connectivity index (χ4v) is 3.80. The second kappa shape index (κ2) is 8.79. The Kier molecular flexibility index (Phi) is 6.21. The number of amides is 2. The summed E-state index contributed by atoms with van der Waals surface area (Å²) in [5.74, 6) is 0.667. The first-order valence-electron chi connectivity index (χ1n) is 9.47. The molecule has 3 rings (SSSR count). The second-order valence-corrected chi connectivity index (χ2v) is 7.35. The van der Waals surface area contributed by atoms with Crippen molar-refractivity contribution in [1.29, 1.82) is 0 Å². The van der Waals surface area contributed by atoms with Crippen LogP contribution < -0.4 is 10.6 Å². The van der Waals surface area contributed by atoms with Crippen molar-refractivity contribution in [2.75, 3.05) is 6.54 Å². The van der Waals surface area contributed by atoms with Crippen LogP contribution in [-0.2, 0) is 11.8 Å². The predicted octanol–water partition coefficient (Wildman–Crippen LogP) is 2.23. The maximum Gasteiger partial charge on any atom is 0.271 e. The van der Waals surface area contributed by atoms with E-state index in [1.54, 1.807) is 30.2 Å². The lowest BCUT2D eigenvalue weighted by Gasteiger charge is -2.34. The Balaban J connectivity index is 1.52. The number of hydrogen-bond acceptors (Lipinski definition) is 4. The van der Waals surface area contributed by atoms with Crippen LogP contribution in [0.5, 0.6) is 0 Å². The summed E-state index contributed by atoms with van der Waals surface area (Å²) in [6.07, 6.45) is 9.17. The number of aromatic nitrogens is 3. The molecule has 0 bridgehead atoms. The monoisotopic (exact) mass is 369 g/mol. The third kappa shape index (κ3) is 5.15. The fraction of sp³-hybridized carbons (Fsp3) is 0.500. The Morgan fingerprint density at radius 2 is 2.00 bits per heavy atom. The largest absolute Gasteiger partial charge is 0.350 e. The van der Waals surface area contributed by atoms with Gasteiger partial charge in [-0.15, -0.1) is 0 Å². The number of pyridine rings is 1. The maximum atomic E-state index is 12.1. The molecular weight excluding hydrogens is 342 g/mol. The third-order valence-corrected chi connectivity index (χ3v) is 5.22. The van der Waals surface area contributed by atoms with Gasteiger partial charge in [-0.25, -0.2) is 4.98 Å². The zero-order valence-electron chi connectivity index (χ0n) is 15.9. The highest BCUT2D eigenvalue weighted by atomic mass is 16.2. The van der Waals surface area contributed by atoms with E-state index in [9.17, 15) is 9.59 Å². The lowest BCUT2D eigenvalue weighted by molar-refractivity contribution is -0.120. The molecule has 0 spiro atoms. The smallest absolute Gasteiger partial charge is 0.271 e. The van der Waals surface area contributed by atoms with Gasteiger partial charge in [-0.3, -0.25) is 14.6 Å². The van der Waals surface area contributed by atoms with Gasteiger partial charge in [-0.1, -0.05) is 6.07 Å². The van der Waals surface area contributed by atoms with Crippen LogP contribution in [0.15, 0.2) is 36.9 Å². The summed E-state index contributed by atoms with van der Waals surface area (Å²) in [7, 11) is 1.85. The fourth-order valence-electron chi connectivity index (χ4n) is 3.80. The van der Waals surface area contributed by atoms with E-state index in [0.717, 1.165) is 31.4 Å². The Labute approximate surface area is 159 Å². The second-order valence-electron chi connectivity index (χ2n) is 7.35. The standard InChI is InChI=1S/C20H27N5O2/c1-14(26)24-19(17-5-3-4-10-21-17)16-8-6-15(7-9-16)11-22-20(27)18-12-25(2)13-23-18/h3-5,10,12-13,15-16,19H,6-9,11H2,1-2H3,(H,22,27)(H,24,26). The molecule has 144 valence electrons. The molecule has 0 radical (unpaired) electrons. The molecule has 2 aromatic heterocycles. The molecule has 1 unspecified atom stereocenters. The highest BCUT2D eigenvalue weighted by Gasteiger charge is 2.30. The third-order valence-electron chi connectivity index (χ3n) is 5.22. The van der Waals surface area contributed by atoms with Gasteiger partial charge in [-0.05, 0) is 49.7 Å². The van der Waals surface area contributed by atoms with Gasteiger partial charge in [0.2, 0.25) is 5.91 Å². The van der Waals surface area contributed by atoms with Gasteiger partial charge in [0.25, 0.3) is 5.91 Å². The van der Waals surface area contributed by atoms with Gasteiger partial charge in [0.15, 0.2) is 0 Å². The topological polar surface area (TPSA) is 88.9 Å². The van der Waals surface area contributed by atoms with E-state index in [0.29, 0.717) is 24.1 Å². The van der Waals surface area contributed by atoms with Crippen LogP contribution >= 0.6 is 0 Å². The van der Waals surface area contributed by atoms with Crippen LogP contribution in [-0.4, -0.2) is 32.9 Å². The molecule has 7 nitrogen and oxygen atoms in total. The van der Waals surface area contributed by atoms with E-state index in [-0.39, 0.29) is 17.9 Å². The predicted molar refractivity (Wildman–Crippen MR) is 102 cm³/mol. The molecule has 1 saturated carbocycles. The molecule has 1 fully saturated rings. The average Bonchev–Trinajstić information content (AvgIpc) is 3.12. The molecule has 0 saturated heterocycles. The molecule has 2 aromatic rings. The Bertz CT molecular complexity index is 766. The van der Waals surface area contributed by atoms with E-state index in [4.69, 9.17) is 0 Å². The summed E-state index contributed by atoms with van der Waals surface area (Å²) in [4.78, 5) is 32.3. The Morgan fingerprint density at radius 3 is 2.59 bits per heavy atom. The zero-order valence-corrected chi connectivity index (χ0v) is 15.9. The summed E-state index contributed by atoms with van der Waals surface area (Å²) in [6, 6.07) is 5.76. The van der Waals surface area contributed by atoms with Gasteiger partial charge >= 0.3 is 0 Å². The summed E-state index contributed by atoms with van der Waals surface area (Å²) >= 11 is 0. The number of rotatable bonds is 6. The van der Waals surface area contributed by atoms with Crippen LogP contribution in [0.1, 0.15) is 54.8 Å². The van der Waals surface area contributed by atoms with E-state index < -0.39 is 0 Å². The first kappa shape index (κ1) is 19.1. The van der Waals surface area contributed by atoms with Crippen molar-refractivity contribution in [2.24, 2.45) is 18.9 Å². The summed E-state index contributed by atoms with van der Waals surface area (Å²) in [5, 5.41) is 6.07. The minimum Gasteiger partial charge on any atom is -0.350 e. The van der Waals surface area contributed by atoms with Gasteiger partial charge in [0.1, 0.15) is 5.69 Å². The molecule has 1 aliphatic rings. The first-order valence-corrected chi connectivity index (χ1v) is 9.47. The van der Waals surface area contributed by atoms with Gasteiger partial charge in [-0.2, -0.15) is 0 Å². The maximum absolute atomic E-state index is 12.1. The van der Waals surface area contributed by atoms with Crippen LogP contribution in [0.4, 0.5) is 0 Å². The minimum atomic E-state index is -0.123. The zero-order chi connectivity index (χ0) is 19.2. The summed E-state index contributed by atoms with van der Waals surface area (Å²) in [6.45, 7) is 2.21. The van der Waals surface area contributed by atoms with E-state index in [1.807, 2.05) is 25.2 Å². The number of carbonyl (C=O) groups is 2. The van der Waals surface area contributed by atoms with E-state index in [2.05, 4.69) is 20.6 Å². The van der Waals surface area contributed by atoms with Crippen molar-refractivity contribution in [1.82, 2.24) is 25.2 Å². The molecule has 2 amide bonds. The number of nitrogens with zero attached hydrogens (tertiary/aromatic N) is 3. The van der Waals surface area contributed by atoms with E-state index >= 15 is 0 Å². The molecule has 1 atom stereocenters. The molecule has 2 heterocycles. The van der Waals surface area contributed by atoms with Crippen LogP contribution in [0, 0.1) is 11.8 Å². The molecular formula is C20H27N5O2. The number of carbonyl (C=O) groups excluding carboxylic acids is 2. The van der Waals surface area contributed by atoms with Crippen molar-refractivity contribution >= 4 is 11.8 Å². The van der Waals surface area contributed by atoms with Crippen molar-refractivity contribution in [3.05, 3.63) is 48.3 Å². The molecule has 0 aliphatic heterocycles. The van der Waals surface area contributed by atoms with E-state index in [1.165, 1.54) is 0 Å². The lowest BCUT2D eigenvalue weighted by atomic mass is 9.77. The molecule has 1 aliphatic carbocycles. The van der Waals surface area contributed by atoms with Gasteiger partial charge < -0.3 is 15.2 Å². The lowest BCUT2D eigenvalue weighted by Crippen LogP contribution is -2.36. The quantitative estimate of drug-likeness (QED) is 0.817. The molecule has 27 heavy (non-hydrogen) atoms. The Morgan fingerprint density at radius 1 is 1.22 bits per heavy atom. The van der Waals surface area contributed by atoms with Crippen molar-refractivity contribution in [2.45, 2.75) is 38.6 Å². The number of imidazole rings is 1. The van der Waals surface area contributed by atoms with Crippen LogP contribution in [0.25, 0.3) is 0 Å². The van der Waals surface area contributed by atoms with Crippen LogP contribution in [0.3, 0.4) is 0 Å². The van der Waals surface area contributed by atoms with Crippen molar-refractivity contribution in [3.8, 4) is 0 Å². The molecule has 2 N–H and O–H groups in total. The normalized spacial score (nSPS) is 20.7. The number of nitrogens with one attached hydrogen (secondary N) is 2. The SMILES string of the molecule is CC(=O)NC(c1ccccn1)C1CCC(CNC(=O)c2cn(C)cn2)CC1.